The Bertz CT molecular complexity index is 554. The summed E-state index contributed by atoms with van der Waals surface area (Å²) >= 11 is 0. The number of nitrogens with two attached hydrogens (primary N) is 1. The van der Waals surface area contributed by atoms with Crippen molar-refractivity contribution in [2.24, 2.45) is 5.14 Å². The third-order valence-corrected chi connectivity index (χ3v) is 4.30. The van der Waals surface area contributed by atoms with Crippen LogP contribution in [0.5, 0.6) is 0 Å². The van der Waals surface area contributed by atoms with E-state index in [9.17, 15) is 30.6 Å². The Balaban J connectivity index is 3.22. The second-order valence-electron chi connectivity index (χ2n) is 5.04. The second-order valence-corrected chi connectivity index (χ2v) is 6.50. The maximum Gasteiger partial charge on any atom is 0.416 e. The summed E-state index contributed by atoms with van der Waals surface area (Å²) in [7, 11) is -1.94. The molecule has 9 heteroatoms. The van der Waals surface area contributed by atoms with Gasteiger partial charge in [-0.2, -0.15) is 26.3 Å². The molecular weight excluding hydrogens is 332 g/mol. The van der Waals surface area contributed by atoms with Gasteiger partial charge >= 0.3 is 12.4 Å². The van der Waals surface area contributed by atoms with Gasteiger partial charge in [-0.15, -0.1) is 0 Å². The maximum absolute atomic E-state index is 13.1. The third-order valence-electron chi connectivity index (χ3n) is 3.32. The van der Waals surface area contributed by atoms with E-state index < -0.39 is 46.5 Å². The molecule has 2 N–H and O–H groups in total. The van der Waals surface area contributed by atoms with Gasteiger partial charge in [-0.1, -0.05) is 12.1 Å². The quantitative estimate of drug-likeness (QED) is 0.820. The van der Waals surface area contributed by atoms with Gasteiger partial charge in [-0.05, 0) is 37.5 Å². The second kappa shape index (κ2) is 6.57. The van der Waals surface area contributed by atoms with Crippen LogP contribution in [0, 0.1) is 6.92 Å². The first-order valence-electron chi connectivity index (χ1n) is 6.23. The van der Waals surface area contributed by atoms with E-state index in [0.717, 1.165) is 19.1 Å². The Morgan fingerprint density at radius 3 is 2.09 bits per heavy atom. The molecule has 0 heterocycles. The van der Waals surface area contributed by atoms with Crippen LogP contribution in [0.4, 0.5) is 26.3 Å². The van der Waals surface area contributed by atoms with Gasteiger partial charge in [0.05, 0.1) is 22.5 Å². The molecule has 1 aromatic carbocycles. The van der Waals surface area contributed by atoms with E-state index in [1.807, 2.05) is 0 Å². The van der Waals surface area contributed by atoms with Crippen molar-refractivity contribution in [2.75, 3.05) is 0 Å². The standard InChI is InChI=1S/C13H15F6NOS/c1-7-5-9(3-4-10(7)12(14,15)16)11(13(17,18)19)6-8(2)22(20)21/h3-5,8,11H,6,20H2,1-2H3/t8-,11?,22?/m1/s1. The highest BCUT2D eigenvalue weighted by atomic mass is 32.2. The fourth-order valence-corrected chi connectivity index (χ4v) is 2.49. The fourth-order valence-electron chi connectivity index (χ4n) is 2.11. The molecule has 0 spiro atoms. The van der Waals surface area contributed by atoms with Gasteiger partial charge in [0.2, 0.25) is 0 Å². The summed E-state index contributed by atoms with van der Waals surface area (Å²) in [6.45, 7) is 2.40. The van der Waals surface area contributed by atoms with Crippen LogP contribution < -0.4 is 5.14 Å². The average molecular weight is 347 g/mol. The minimum Gasteiger partial charge on any atom is -0.252 e. The molecule has 22 heavy (non-hydrogen) atoms. The molecule has 0 fully saturated rings. The molecule has 0 aliphatic rings. The lowest BCUT2D eigenvalue weighted by atomic mass is 9.91. The fraction of sp³-hybridized carbons (Fsp3) is 0.538. The van der Waals surface area contributed by atoms with Crippen LogP contribution >= 0.6 is 0 Å². The summed E-state index contributed by atoms with van der Waals surface area (Å²) in [5, 5.41) is 4.14. The van der Waals surface area contributed by atoms with Crippen LogP contribution in [0.15, 0.2) is 18.2 Å². The Labute approximate surface area is 126 Å². The number of halogens is 6. The van der Waals surface area contributed by atoms with E-state index in [1.165, 1.54) is 6.92 Å². The minimum atomic E-state index is -4.67. The van der Waals surface area contributed by atoms with Crippen molar-refractivity contribution in [3.8, 4) is 0 Å². The van der Waals surface area contributed by atoms with Crippen LogP contribution in [0.25, 0.3) is 0 Å². The lowest BCUT2D eigenvalue weighted by molar-refractivity contribution is -0.151. The molecule has 1 aromatic rings. The van der Waals surface area contributed by atoms with Gasteiger partial charge < -0.3 is 0 Å². The molecule has 1 rings (SSSR count). The SMILES string of the molecule is Cc1cc(C(C[C@@H](C)S(N)=O)C(F)(F)F)ccc1C(F)(F)F. The largest absolute Gasteiger partial charge is 0.416 e. The summed E-state index contributed by atoms with van der Waals surface area (Å²) < 4.78 is 88.4. The highest BCUT2D eigenvalue weighted by molar-refractivity contribution is 7.83. The van der Waals surface area contributed by atoms with Crippen LogP contribution in [0.3, 0.4) is 0 Å². The summed E-state index contributed by atoms with van der Waals surface area (Å²) in [5.41, 5.74) is -1.57. The summed E-state index contributed by atoms with van der Waals surface area (Å²) in [6, 6.07) is 2.31. The molecule has 0 amide bonds. The van der Waals surface area contributed by atoms with E-state index in [2.05, 4.69) is 0 Å². The van der Waals surface area contributed by atoms with Gasteiger partial charge in [0.15, 0.2) is 0 Å². The zero-order valence-corrected chi connectivity index (χ0v) is 12.6. The van der Waals surface area contributed by atoms with Crippen molar-refractivity contribution in [2.45, 2.75) is 43.8 Å². The van der Waals surface area contributed by atoms with Gasteiger partial charge in [0.25, 0.3) is 0 Å². The van der Waals surface area contributed by atoms with E-state index >= 15 is 0 Å². The molecule has 0 radical (unpaired) electrons. The molecule has 3 atom stereocenters. The van der Waals surface area contributed by atoms with E-state index in [1.54, 1.807) is 0 Å². The van der Waals surface area contributed by atoms with Crippen molar-refractivity contribution in [3.63, 3.8) is 0 Å². The number of alkyl halides is 6. The summed E-state index contributed by atoms with van der Waals surface area (Å²) in [5.74, 6) is -2.02. The molecule has 2 unspecified atom stereocenters. The zero-order valence-electron chi connectivity index (χ0n) is 11.8. The van der Waals surface area contributed by atoms with Crippen molar-refractivity contribution in [3.05, 3.63) is 34.9 Å². The van der Waals surface area contributed by atoms with Crippen molar-refractivity contribution in [1.29, 1.82) is 0 Å². The van der Waals surface area contributed by atoms with Gasteiger partial charge in [-0.25, -0.2) is 4.21 Å². The zero-order chi connectivity index (χ0) is 17.3. The molecular formula is C13H15F6NOS. The van der Waals surface area contributed by atoms with Crippen molar-refractivity contribution in [1.82, 2.24) is 0 Å². The Kier molecular flexibility index (Phi) is 5.66. The number of aryl methyl sites for hydroxylation is 1. The van der Waals surface area contributed by atoms with E-state index in [4.69, 9.17) is 5.14 Å². The average Bonchev–Trinajstić information content (AvgIpc) is 2.32. The number of hydrogen-bond donors (Lipinski definition) is 1. The van der Waals surface area contributed by atoms with Crippen LogP contribution in [-0.2, 0) is 17.2 Å². The van der Waals surface area contributed by atoms with Gasteiger partial charge in [0.1, 0.15) is 0 Å². The molecule has 0 bridgehead atoms. The van der Waals surface area contributed by atoms with Crippen LogP contribution in [-0.4, -0.2) is 15.6 Å². The number of benzene rings is 1. The van der Waals surface area contributed by atoms with Gasteiger partial charge in [0, 0.05) is 5.25 Å². The van der Waals surface area contributed by atoms with E-state index in [0.29, 0.717) is 6.07 Å². The predicted molar refractivity (Wildman–Crippen MR) is 71.4 cm³/mol. The number of hydrogen-bond acceptors (Lipinski definition) is 1. The first-order valence-corrected chi connectivity index (χ1v) is 7.51. The lowest BCUT2D eigenvalue weighted by Crippen LogP contribution is -2.28. The van der Waals surface area contributed by atoms with Gasteiger partial charge in [-0.3, -0.25) is 5.14 Å². The summed E-state index contributed by atoms with van der Waals surface area (Å²) in [4.78, 5) is 0. The topological polar surface area (TPSA) is 43.1 Å². The monoisotopic (exact) mass is 347 g/mol. The van der Waals surface area contributed by atoms with E-state index in [-0.39, 0.29) is 11.1 Å². The molecule has 0 aromatic heterocycles. The van der Waals surface area contributed by atoms with Crippen LogP contribution in [0.1, 0.15) is 36.0 Å². The lowest BCUT2D eigenvalue weighted by Gasteiger charge is -2.24. The Morgan fingerprint density at radius 2 is 1.73 bits per heavy atom. The molecule has 126 valence electrons. The summed E-state index contributed by atoms with van der Waals surface area (Å²) in [6.07, 6.45) is -9.85. The normalized spacial score (nSPS) is 17.1. The molecule has 0 aliphatic carbocycles. The highest BCUT2D eigenvalue weighted by Gasteiger charge is 2.42. The molecule has 0 saturated heterocycles. The smallest absolute Gasteiger partial charge is 0.252 e. The van der Waals surface area contributed by atoms with Crippen LogP contribution in [0.2, 0.25) is 0 Å². The highest BCUT2D eigenvalue weighted by Crippen LogP contribution is 2.40. The first kappa shape index (κ1) is 19.0. The molecule has 2 nitrogen and oxygen atoms in total. The maximum atomic E-state index is 13.1. The molecule has 0 aliphatic heterocycles. The minimum absolute atomic E-state index is 0.291. The third kappa shape index (κ3) is 4.70. The number of rotatable bonds is 4. The molecule has 0 saturated carbocycles. The van der Waals surface area contributed by atoms with Crippen molar-refractivity contribution >= 4 is 11.0 Å². The first-order chi connectivity index (χ1) is 9.84. The Hall–Kier alpha value is -1.09. The predicted octanol–water partition coefficient (Wildman–Crippen LogP) is 4.06. The van der Waals surface area contributed by atoms with Crippen molar-refractivity contribution < 1.29 is 30.6 Å². The Morgan fingerprint density at radius 1 is 1.18 bits per heavy atom.